The predicted octanol–water partition coefficient (Wildman–Crippen LogP) is 4.98. The molecule has 0 aromatic heterocycles. The van der Waals surface area contributed by atoms with Crippen LogP contribution in [0.4, 0.5) is 11.4 Å². The summed E-state index contributed by atoms with van der Waals surface area (Å²) in [5, 5.41) is 13.7. The lowest BCUT2D eigenvalue weighted by Crippen LogP contribution is -2.08. The van der Waals surface area contributed by atoms with Crippen LogP contribution in [0.2, 0.25) is 0 Å². The molecule has 0 spiro atoms. The van der Waals surface area contributed by atoms with Crippen LogP contribution in [0.3, 0.4) is 0 Å². The molecule has 10 heteroatoms. The van der Waals surface area contributed by atoms with Crippen molar-refractivity contribution in [2.24, 2.45) is 0 Å². The lowest BCUT2D eigenvalue weighted by Gasteiger charge is -2.13. The summed E-state index contributed by atoms with van der Waals surface area (Å²) < 4.78 is 11.6. The minimum absolute atomic E-state index is 0.0844. The molecule has 8 nitrogen and oxygen atoms in total. The first kappa shape index (κ1) is 21.8. The first-order valence-corrected chi connectivity index (χ1v) is 9.58. The molecule has 0 fully saturated rings. The first-order valence-electron chi connectivity index (χ1n) is 8.00. The zero-order valence-electron chi connectivity index (χ0n) is 15.0. The third kappa shape index (κ3) is 5.77. The van der Waals surface area contributed by atoms with Gasteiger partial charge in [-0.05, 0) is 68.1 Å². The number of ether oxygens (including phenoxy) is 2. The number of hydrogen-bond acceptors (Lipinski definition) is 6. The van der Waals surface area contributed by atoms with Crippen LogP contribution in [-0.4, -0.2) is 23.9 Å². The van der Waals surface area contributed by atoms with Crippen LogP contribution in [0.5, 0.6) is 11.5 Å². The maximum Gasteiger partial charge on any atom is 0.305 e. The van der Waals surface area contributed by atoms with E-state index in [1.807, 2.05) is 0 Å². The highest BCUT2D eigenvalue weighted by molar-refractivity contribution is 9.11. The van der Waals surface area contributed by atoms with E-state index in [0.29, 0.717) is 21.1 Å². The number of rotatable bonds is 7. The molecule has 2 rings (SSSR count). The van der Waals surface area contributed by atoms with Gasteiger partial charge in [-0.1, -0.05) is 0 Å². The Balaban J connectivity index is 2.27. The van der Waals surface area contributed by atoms with Crippen LogP contribution >= 0.6 is 31.9 Å². The molecule has 0 saturated heterocycles. The summed E-state index contributed by atoms with van der Waals surface area (Å²) in [5.74, 6) is -0.0724. The maximum absolute atomic E-state index is 11.3. The fourth-order valence-electron chi connectivity index (χ4n) is 2.34. The number of carbonyl (C=O) groups excluding carboxylic acids is 2. The van der Waals surface area contributed by atoms with Crippen LogP contribution in [-0.2, 0) is 20.7 Å². The van der Waals surface area contributed by atoms with Crippen molar-refractivity contribution in [3.63, 3.8) is 0 Å². The number of nitro groups is 1. The van der Waals surface area contributed by atoms with Gasteiger partial charge < -0.3 is 14.8 Å². The molecule has 148 valence electrons. The number of amides is 1. The highest BCUT2D eigenvalue weighted by atomic mass is 79.9. The van der Waals surface area contributed by atoms with Gasteiger partial charge in [-0.3, -0.25) is 19.7 Å². The van der Waals surface area contributed by atoms with Crippen molar-refractivity contribution in [1.29, 1.82) is 0 Å². The highest BCUT2D eigenvalue weighted by Crippen LogP contribution is 2.39. The van der Waals surface area contributed by atoms with Gasteiger partial charge in [0, 0.05) is 13.3 Å². The largest absolute Gasteiger partial charge is 0.469 e. The Hall–Kier alpha value is -2.46. The Bertz CT molecular complexity index is 909. The quantitative estimate of drug-likeness (QED) is 0.316. The average Bonchev–Trinajstić information content (AvgIpc) is 2.63. The molecule has 0 unspecified atom stereocenters. The van der Waals surface area contributed by atoms with Gasteiger partial charge in [0.25, 0.3) is 5.69 Å². The minimum atomic E-state index is -0.599. The van der Waals surface area contributed by atoms with Crippen molar-refractivity contribution in [2.75, 3.05) is 12.4 Å². The normalized spacial score (nSPS) is 10.3. The fourth-order valence-corrected chi connectivity index (χ4v) is 3.79. The van der Waals surface area contributed by atoms with Gasteiger partial charge in [0.2, 0.25) is 5.91 Å². The summed E-state index contributed by atoms with van der Waals surface area (Å²) in [6.07, 6.45) is 0.730. The van der Waals surface area contributed by atoms with E-state index in [0.717, 1.165) is 5.56 Å². The Morgan fingerprint density at radius 3 is 2.36 bits per heavy atom. The number of methoxy groups -OCH3 is 1. The van der Waals surface area contributed by atoms with E-state index in [1.165, 1.54) is 32.2 Å². The van der Waals surface area contributed by atoms with Gasteiger partial charge in [0.1, 0.15) is 11.4 Å². The van der Waals surface area contributed by atoms with E-state index >= 15 is 0 Å². The SMILES string of the molecule is COC(=O)CCc1cc(Br)c(Oc2ccc(NC(C)=O)c([N+](=O)[O-])c2)c(Br)c1. The van der Waals surface area contributed by atoms with Crippen molar-refractivity contribution < 1.29 is 24.0 Å². The number of aryl methyl sites for hydroxylation is 1. The van der Waals surface area contributed by atoms with Crippen molar-refractivity contribution in [2.45, 2.75) is 19.8 Å². The molecule has 0 atom stereocenters. The number of nitro benzene ring substituents is 1. The zero-order chi connectivity index (χ0) is 20.8. The number of anilines is 1. The van der Waals surface area contributed by atoms with E-state index in [4.69, 9.17) is 4.74 Å². The van der Waals surface area contributed by atoms with Crippen molar-refractivity contribution in [1.82, 2.24) is 0 Å². The molecular formula is C18H16Br2N2O6. The summed E-state index contributed by atoms with van der Waals surface area (Å²) in [5.41, 5.74) is 0.680. The van der Waals surface area contributed by atoms with Gasteiger partial charge in [-0.15, -0.1) is 0 Å². The Morgan fingerprint density at radius 1 is 1.18 bits per heavy atom. The molecule has 28 heavy (non-hydrogen) atoms. The molecule has 0 aliphatic carbocycles. The van der Waals surface area contributed by atoms with Crippen LogP contribution in [0.15, 0.2) is 39.3 Å². The van der Waals surface area contributed by atoms with E-state index in [-0.39, 0.29) is 29.5 Å². The van der Waals surface area contributed by atoms with Crippen LogP contribution < -0.4 is 10.1 Å². The van der Waals surface area contributed by atoms with Crippen molar-refractivity contribution >= 4 is 55.1 Å². The molecule has 1 N–H and O–H groups in total. The van der Waals surface area contributed by atoms with E-state index in [9.17, 15) is 19.7 Å². The van der Waals surface area contributed by atoms with Crippen LogP contribution in [0.1, 0.15) is 18.9 Å². The molecule has 0 bridgehead atoms. The fraction of sp³-hybridized carbons (Fsp3) is 0.222. The van der Waals surface area contributed by atoms with Gasteiger partial charge >= 0.3 is 5.97 Å². The number of benzene rings is 2. The Kier molecular flexibility index (Phi) is 7.53. The van der Waals surface area contributed by atoms with Gasteiger partial charge in [-0.2, -0.15) is 0 Å². The summed E-state index contributed by atoms with van der Waals surface area (Å²) in [7, 11) is 1.33. The number of halogens is 2. The molecular weight excluding hydrogens is 500 g/mol. The lowest BCUT2D eigenvalue weighted by molar-refractivity contribution is -0.384. The molecule has 2 aromatic carbocycles. The maximum atomic E-state index is 11.3. The zero-order valence-corrected chi connectivity index (χ0v) is 18.1. The van der Waals surface area contributed by atoms with Crippen molar-refractivity contribution in [3.8, 4) is 11.5 Å². The molecule has 0 saturated carbocycles. The number of esters is 1. The van der Waals surface area contributed by atoms with Crippen LogP contribution in [0, 0.1) is 10.1 Å². The second-order valence-electron chi connectivity index (χ2n) is 5.68. The number of hydrogen-bond donors (Lipinski definition) is 1. The molecule has 2 aromatic rings. The predicted molar refractivity (Wildman–Crippen MR) is 110 cm³/mol. The molecule has 0 aliphatic rings. The third-order valence-corrected chi connectivity index (χ3v) is 4.78. The molecule has 0 heterocycles. The lowest BCUT2D eigenvalue weighted by atomic mass is 10.1. The standard InChI is InChI=1S/C18H16Br2N2O6/c1-10(23)21-15-5-4-12(9-16(15)22(25)26)28-18-13(19)7-11(8-14(18)20)3-6-17(24)27-2/h4-5,7-9H,3,6H2,1-2H3,(H,21,23). The third-order valence-electron chi connectivity index (χ3n) is 3.60. The smallest absolute Gasteiger partial charge is 0.305 e. The molecule has 0 radical (unpaired) electrons. The van der Waals surface area contributed by atoms with Crippen LogP contribution in [0.25, 0.3) is 0 Å². The monoisotopic (exact) mass is 514 g/mol. The highest BCUT2D eigenvalue weighted by Gasteiger charge is 2.18. The average molecular weight is 516 g/mol. The summed E-state index contributed by atoms with van der Waals surface area (Å²) in [4.78, 5) is 33.2. The molecule has 1 amide bonds. The topological polar surface area (TPSA) is 108 Å². The summed E-state index contributed by atoms with van der Waals surface area (Å²) >= 11 is 6.82. The minimum Gasteiger partial charge on any atom is -0.469 e. The van der Waals surface area contributed by atoms with E-state index in [2.05, 4.69) is 41.9 Å². The number of nitrogens with zero attached hydrogens (tertiary/aromatic N) is 1. The van der Waals surface area contributed by atoms with E-state index in [1.54, 1.807) is 12.1 Å². The second-order valence-corrected chi connectivity index (χ2v) is 7.39. The summed E-state index contributed by atoms with van der Waals surface area (Å²) in [6.45, 7) is 1.27. The number of nitrogens with one attached hydrogen (secondary N) is 1. The van der Waals surface area contributed by atoms with Gasteiger partial charge in [0.05, 0.1) is 27.0 Å². The van der Waals surface area contributed by atoms with E-state index < -0.39 is 10.8 Å². The second kappa shape index (κ2) is 9.65. The molecule has 0 aliphatic heterocycles. The Morgan fingerprint density at radius 2 is 1.82 bits per heavy atom. The summed E-state index contributed by atoms with van der Waals surface area (Å²) in [6, 6.07) is 7.74. The first-order chi connectivity index (χ1) is 13.2. The van der Waals surface area contributed by atoms with Crippen molar-refractivity contribution in [3.05, 3.63) is 55.0 Å². The van der Waals surface area contributed by atoms with Gasteiger partial charge in [0.15, 0.2) is 5.75 Å². The number of carbonyl (C=O) groups is 2. The van der Waals surface area contributed by atoms with Gasteiger partial charge in [-0.25, -0.2) is 0 Å². The Labute approximate surface area is 177 Å².